The Balaban J connectivity index is 1.95. The van der Waals surface area contributed by atoms with Gasteiger partial charge in [-0.1, -0.05) is 61.0 Å². The lowest BCUT2D eigenvalue weighted by atomic mass is 9.94. The van der Waals surface area contributed by atoms with E-state index < -0.39 is 29.4 Å². The molecule has 0 spiro atoms. The first-order valence-electron chi connectivity index (χ1n) is 10.2. The molecular weight excluding hydrogens is 412 g/mol. The van der Waals surface area contributed by atoms with E-state index in [1.54, 1.807) is 30.3 Å². The van der Waals surface area contributed by atoms with Crippen LogP contribution >= 0.6 is 0 Å². The van der Waals surface area contributed by atoms with Crippen LogP contribution in [0.2, 0.25) is 0 Å². The van der Waals surface area contributed by atoms with E-state index in [1.807, 2.05) is 32.0 Å². The summed E-state index contributed by atoms with van der Waals surface area (Å²) in [7, 11) is 0. The molecule has 1 saturated heterocycles. The number of aliphatic hydroxyl groups is 1. The molecule has 0 radical (unpaired) electrons. The molecule has 1 aliphatic heterocycles. The van der Waals surface area contributed by atoms with Gasteiger partial charge in [-0.2, -0.15) is 0 Å². The molecule has 3 aromatic carbocycles. The normalized spacial score (nSPS) is 17.8. The molecular formula is C26H21F2NO3. The van der Waals surface area contributed by atoms with Gasteiger partial charge in [-0.3, -0.25) is 14.5 Å². The van der Waals surface area contributed by atoms with Crippen molar-refractivity contribution in [2.24, 2.45) is 0 Å². The van der Waals surface area contributed by atoms with Crippen LogP contribution < -0.4 is 4.90 Å². The Kier molecular flexibility index (Phi) is 5.61. The number of nitrogens with zero attached hydrogens (tertiary/aromatic N) is 1. The highest BCUT2D eigenvalue weighted by atomic mass is 19.1. The monoisotopic (exact) mass is 433 g/mol. The van der Waals surface area contributed by atoms with Crippen molar-refractivity contribution in [3.63, 3.8) is 0 Å². The Morgan fingerprint density at radius 2 is 1.72 bits per heavy atom. The second kappa shape index (κ2) is 8.38. The number of carbonyl (C=O) groups excluding carboxylic acids is 2. The van der Waals surface area contributed by atoms with Crippen LogP contribution in [0.15, 0.2) is 72.3 Å². The van der Waals surface area contributed by atoms with Gasteiger partial charge in [0.1, 0.15) is 17.4 Å². The molecule has 6 heteroatoms. The Labute approximate surface area is 184 Å². The van der Waals surface area contributed by atoms with Crippen molar-refractivity contribution in [2.75, 3.05) is 4.90 Å². The third-order valence-electron chi connectivity index (χ3n) is 5.61. The van der Waals surface area contributed by atoms with Crippen molar-refractivity contribution in [1.82, 2.24) is 0 Å². The summed E-state index contributed by atoms with van der Waals surface area (Å²) in [5, 5.41) is 11.1. The van der Waals surface area contributed by atoms with Crippen molar-refractivity contribution in [1.29, 1.82) is 0 Å². The Morgan fingerprint density at radius 3 is 2.34 bits per heavy atom. The number of amides is 1. The predicted octanol–water partition coefficient (Wildman–Crippen LogP) is 5.46. The first-order chi connectivity index (χ1) is 15.3. The zero-order chi connectivity index (χ0) is 23.0. The van der Waals surface area contributed by atoms with Gasteiger partial charge in [0, 0.05) is 11.6 Å². The van der Waals surface area contributed by atoms with Gasteiger partial charge in [0.15, 0.2) is 0 Å². The van der Waals surface area contributed by atoms with Crippen molar-refractivity contribution in [2.45, 2.75) is 26.3 Å². The minimum absolute atomic E-state index is 0.145. The Morgan fingerprint density at radius 1 is 1.00 bits per heavy atom. The summed E-state index contributed by atoms with van der Waals surface area (Å²) in [4.78, 5) is 27.1. The molecule has 1 N–H and O–H groups in total. The molecule has 162 valence electrons. The summed E-state index contributed by atoms with van der Waals surface area (Å²) in [6.07, 6.45) is 0.804. The predicted molar refractivity (Wildman–Crippen MR) is 118 cm³/mol. The summed E-state index contributed by atoms with van der Waals surface area (Å²) in [6.45, 7) is 3.84. The number of aryl methyl sites for hydroxylation is 2. The van der Waals surface area contributed by atoms with Crippen LogP contribution in [0.25, 0.3) is 5.76 Å². The molecule has 1 amide bonds. The highest BCUT2D eigenvalue weighted by Crippen LogP contribution is 2.43. The maximum absolute atomic E-state index is 14.7. The van der Waals surface area contributed by atoms with E-state index in [4.69, 9.17) is 0 Å². The number of anilines is 1. The molecule has 1 heterocycles. The average Bonchev–Trinajstić information content (AvgIpc) is 3.04. The number of hydrogen-bond acceptors (Lipinski definition) is 3. The number of Topliss-reactive ketones (excluding diaryl/α,β-unsaturated/α-hetero) is 1. The van der Waals surface area contributed by atoms with Crippen LogP contribution in [-0.2, 0) is 16.0 Å². The van der Waals surface area contributed by atoms with E-state index in [-0.39, 0.29) is 17.0 Å². The summed E-state index contributed by atoms with van der Waals surface area (Å²) >= 11 is 0. The lowest BCUT2D eigenvalue weighted by Crippen LogP contribution is -2.30. The standard InChI is InChI=1S/C26H21F2NO3/c1-3-16-7-9-17(10-8-16)24(30)22-23(18-6-4-5-15(2)13-18)29(26(32)25(22)31)21-12-11-19(27)14-20(21)28/h4-14,23,30H,3H2,1-2H3/b24-22+. The number of ketones is 1. The topological polar surface area (TPSA) is 57.6 Å². The fourth-order valence-electron chi connectivity index (χ4n) is 3.97. The lowest BCUT2D eigenvalue weighted by molar-refractivity contribution is -0.132. The first kappa shape index (κ1) is 21.4. The second-order valence-corrected chi connectivity index (χ2v) is 7.73. The van der Waals surface area contributed by atoms with E-state index in [0.29, 0.717) is 17.2 Å². The van der Waals surface area contributed by atoms with Crippen LogP contribution in [0.4, 0.5) is 14.5 Å². The molecule has 0 bridgehead atoms. The average molecular weight is 433 g/mol. The zero-order valence-corrected chi connectivity index (χ0v) is 17.6. The molecule has 4 rings (SSSR count). The quantitative estimate of drug-likeness (QED) is 0.338. The zero-order valence-electron chi connectivity index (χ0n) is 17.6. The molecule has 32 heavy (non-hydrogen) atoms. The van der Waals surface area contributed by atoms with Crippen LogP contribution in [0.5, 0.6) is 0 Å². The molecule has 1 unspecified atom stereocenters. The number of carbonyl (C=O) groups is 2. The molecule has 0 aliphatic carbocycles. The van der Waals surface area contributed by atoms with Gasteiger partial charge in [-0.15, -0.1) is 0 Å². The van der Waals surface area contributed by atoms with E-state index >= 15 is 0 Å². The third-order valence-corrected chi connectivity index (χ3v) is 5.61. The van der Waals surface area contributed by atoms with E-state index in [1.165, 1.54) is 0 Å². The summed E-state index contributed by atoms with van der Waals surface area (Å²) in [5.74, 6) is -4.05. The minimum atomic E-state index is -1.07. The Bertz CT molecular complexity index is 1250. The van der Waals surface area contributed by atoms with E-state index in [9.17, 15) is 23.5 Å². The Hall–Kier alpha value is -3.80. The highest BCUT2D eigenvalue weighted by Gasteiger charge is 2.47. The van der Waals surface area contributed by atoms with Crippen molar-refractivity contribution >= 4 is 23.1 Å². The van der Waals surface area contributed by atoms with Crippen molar-refractivity contribution < 1.29 is 23.5 Å². The number of hydrogen-bond donors (Lipinski definition) is 1. The van der Waals surface area contributed by atoms with Crippen LogP contribution in [-0.4, -0.2) is 16.8 Å². The molecule has 1 aliphatic rings. The van der Waals surface area contributed by atoms with Gasteiger partial charge in [0.05, 0.1) is 17.3 Å². The molecule has 0 saturated carbocycles. The van der Waals surface area contributed by atoms with Gasteiger partial charge >= 0.3 is 0 Å². The summed E-state index contributed by atoms with van der Waals surface area (Å²) in [6, 6.07) is 15.8. The van der Waals surface area contributed by atoms with Crippen LogP contribution in [0, 0.1) is 18.6 Å². The largest absolute Gasteiger partial charge is 0.507 e. The summed E-state index contributed by atoms with van der Waals surface area (Å²) in [5.41, 5.74) is 2.43. The molecule has 1 fully saturated rings. The number of halogens is 2. The van der Waals surface area contributed by atoms with E-state index in [2.05, 4.69) is 0 Å². The SMILES string of the molecule is CCc1ccc(/C(O)=C2\C(=O)C(=O)N(c3ccc(F)cc3F)C2c2cccc(C)c2)cc1. The molecule has 4 nitrogen and oxygen atoms in total. The van der Waals surface area contributed by atoms with E-state index in [0.717, 1.165) is 34.6 Å². The van der Waals surface area contributed by atoms with Crippen molar-refractivity contribution in [3.05, 3.63) is 106 Å². The first-order valence-corrected chi connectivity index (χ1v) is 10.2. The van der Waals surface area contributed by atoms with Gasteiger partial charge in [-0.05, 0) is 36.6 Å². The maximum atomic E-state index is 14.7. The van der Waals surface area contributed by atoms with Gasteiger partial charge in [-0.25, -0.2) is 8.78 Å². The highest BCUT2D eigenvalue weighted by molar-refractivity contribution is 6.51. The molecule has 0 aromatic heterocycles. The smallest absolute Gasteiger partial charge is 0.300 e. The van der Waals surface area contributed by atoms with Gasteiger partial charge < -0.3 is 5.11 Å². The summed E-state index contributed by atoms with van der Waals surface area (Å²) < 4.78 is 28.2. The fraction of sp³-hybridized carbons (Fsp3) is 0.154. The number of aliphatic hydroxyl groups excluding tert-OH is 1. The second-order valence-electron chi connectivity index (χ2n) is 7.73. The third kappa shape index (κ3) is 3.68. The molecule has 3 aromatic rings. The van der Waals surface area contributed by atoms with Gasteiger partial charge in [0.25, 0.3) is 11.7 Å². The number of rotatable bonds is 4. The molecule has 1 atom stereocenters. The maximum Gasteiger partial charge on any atom is 0.300 e. The van der Waals surface area contributed by atoms with Crippen molar-refractivity contribution in [3.8, 4) is 0 Å². The van der Waals surface area contributed by atoms with Crippen LogP contribution in [0.1, 0.15) is 35.2 Å². The number of benzene rings is 3. The fourth-order valence-corrected chi connectivity index (χ4v) is 3.97. The van der Waals surface area contributed by atoms with Gasteiger partial charge in [0.2, 0.25) is 0 Å². The lowest BCUT2D eigenvalue weighted by Gasteiger charge is -2.26. The van der Waals surface area contributed by atoms with Crippen LogP contribution in [0.3, 0.4) is 0 Å². The minimum Gasteiger partial charge on any atom is -0.507 e.